The van der Waals surface area contributed by atoms with Crippen LogP contribution in [-0.4, -0.2) is 44.6 Å². The van der Waals surface area contributed by atoms with Gasteiger partial charge in [-0.15, -0.1) is 11.3 Å². The Balaban J connectivity index is 1.56. The molecule has 1 atom stereocenters. The van der Waals surface area contributed by atoms with Gasteiger partial charge in [-0.3, -0.25) is 4.79 Å². The van der Waals surface area contributed by atoms with Gasteiger partial charge in [-0.05, 0) is 35.6 Å². The third kappa shape index (κ3) is 4.16. The maximum Gasteiger partial charge on any atom is 0.223 e. The number of rotatable bonds is 5. The Kier molecular flexibility index (Phi) is 5.53. The van der Waals surface area contributed by atoms with E-state index >= 15 is 0 Å². The number of hydrogen-bond donors (Lipinski definition) is 0. The van der Waals surface area contributed by atoms with Gasteiger partial charge in [0.25, 0.3) is 0 Å². The number of aryl methyl sites for hydroxylation is 1. The number of benzene rings is 1. The predicted octanol–water partition coefficient (Wildman–Crippen LogP) is 3.35. The van der Waals surface area contributed by atoms with Gasteiger partial charge in [-0.2, -0.15) is 0 Å². The molecular weight excluding hydrogens is 320 g/mol. The average molecular weight is 344 g/mol. The second kappa shape index (κ2) is 7.81. The zero-order valence-corrected chi connectivity index (χ0v) is 15.1. The van der Waals surface area contributed by atoms with Crippen molar-refractivity contribution in [2.45, 2.75) is 18.9 Å². The fourth-order valence-corrected chi connectivity index (χ4v) is 3.69. The molecule has 1 aromatic carbocycles. The third-order valence-electron chi connectivity index (χ3n) is 4.33. The third-order valence-corrected chi connectivity index (χ3v) is 5.30. The second-order valence-electron chi connectivity index (χ2n) is 6.28. The summed E-state index contributed by atoms with van der Waals surface area (Å²) < 4.78 is 5.82. The van der Waals surface area contributed by atoms with E-state index in [-0.39, 0.29) is 12.0 Å². The first-order chi connectivity index (χ1) is 11.6. The molecule has 0 aliphatic carbocycles. The van der Waals surface area contributed by atoms with E-state index in [1.54, 1.807) is 11.3 Å². The van der Waals surface area contributed by atoms with Crippen molar-refractivity contribution in [1.82, 2.24) is 4.90 Å². The molecule has 2 aromatic rings. The van der Waals surface area contributed by atoms with Gasteiger partial charge >= 0.3 is 0 Å². The van der Waals surface area contributed by atoms with E-state index < -0.39 is 0 Å². The smallest absolute Gasteiger partial charge is 0.223 e. The van der Waals surface area contributed by atoms with Gasteiger partial charge in [-0.1, -0.05) is 18.2 Å². The molecule has 128 valence electrons. The van der Waals surface area contributed by atoms with Crippen LogP contribution in [0.1, 0.15) is 23.0 Å². The number of thiophene rings is 1. The van der Waals surface area contributed by atoms with Crippen LogP contribution < -0.4 is 4.90 Å². The molecule has 1 aliphatic rings. The standard InChI is InChI=1S/C19H24N2O2S/c1-20(2)16-6-3-5-15(13-16)8-9-19(22)21-10-11-23-17(14-21)18-7-4-12-24-18/h3-7,12-13,17H,8-11,14H2,1-2H3/t17-/m0/s1. The van der Waals surface area contributed by atoms with Crippen LogP contribution in [-0.2, 0) is 16.0 Å². The first-order valence-electron chi connectivity index (χ1n) is 8.32. The molecule has 2 heterocycles. The summed E-state index contributed by atoms with van der Waals surface area (Å²) in [6.07, 6.45) is 1.36. The van der Waals surface area contributed by atoms with Crippen LogP contribution in [0.5, 0.6) is 0 Å². The Morgan fingerprint density at radius 3 is 2.96 bits per heavy atom. The van der Waals surface area contributed by atoms with E-state index in [4.69, 9.17) is 4.74 Å². The first-order valence-corrected chi connectivity index (χ1v) is 9.20. The van der Waals surface area contributed by atoms with Gasteiger partial charge in [0.15, 0.2) is 0 Å². The molecule has 1 fully saturated rings. The van der Waals surface area contributed by atoms with Crippen LogP contribution in [0, 0.1) is 0 Å². The van der Waals surface area contributed by atoms with Gasteiger partial charge in [0.2, 0.25) is 5.91 Å². The molecule has 1 aromatic heterocycles. The van der Waals surface area contributed by atoms with E-state index in [1.165, 1.54) is 16.1 Å². The predicted molar refractivity (Wildman–Crippen MR) is 98.7 cm³/mol. The van der Waals surface area contributed by atoms with Crippen molar-refractivity contribution < 1.29 is 9.53 Å². The summed E-state index contributed by atoms with van der Waals surface area (Å²) >= 11 is 1.69. The molecule has 0 saturated carbocycles. The quantitative estimate of drug-likeness (QED) is 0.834. The molecule has 5 heteroatoms. The SMILES string of the molecule is CN(C)c1cccc(CCC(=O)N2CCO[C@H](c3cccs3)C2)c1. The molecule has 4 nitrogen and oxygen atoms in total. The minimum Gasteiger partial charge on any atom is -0.378 e. The molecule has 0 radical (unpaired) electrons. The summed E-state index contributed by atoms with van der Waals surface area (Å²) in [4.78, 5) is 17.8. The van der Waals surface area contributed by atoms with Crippen molar-refractivity contribution in [2.24, 2.45) is 0 Å². The largest absolute Gasteiger partial charge is 0.378 e. The van der Waals surface area contributed by atoms with Gasteiger partial charge in [-0.25, -0.2) is 0 Å². The van der Waals surface area contributed by atoms with Crippen molar-refractivity contribution in [2.75, 3.05) is 38.7 Å². The molecule has 1 aliphatic heterocycles. The normalized spacial score (nSPS) is 17.8. The van der Waals surface area contributed by atoms with Crippen LogP contribution in [0.25, 0.3) is 0 Å². The summed E-state index contributed by atoms with van der Waals surface area (Å²) in [5.74, 6) is 0.218. The van der Waals surface area contributed by atoms with Crippen molar-refractivity contribution in [3.8, 4) is 0 Å². The number of morpholine rings is 1. The molecular formula is C19H24N2O2S. The minimum absolute atomic E-state index is 0.0276. The van der Waals surface area contributed by atoms with E-state index in [0.717, 1.165) is 6.42 Å². The second-order valence-corrected chi connectivity index (χ2v) is 7.26. The lowest BCUT2D eigenvalue weighted by molar-refractivity contribution is -0.138. The fourth-order valence-electron chi connectivity index (χ4n) is 2.92. The van der Waals surface area contributed by atoms with Crippen LogP contribution >= 0.6 is 11.3 Å². The molecule has 24 heavy (non-hydrogen) atoms. The zero-order chi connectivity index (χ0) is 16.9. The van der Waals surface area contributed by atoms with Crippen molar-refractivity contribution in [3.63, 3.8) is 0 Å². The molecule has 3 rings (SSSR count). The average Bonchev–Trinajstić information content (AvgIpc) is 3.15. The number of hydrogen-bond acceptors (Lipinski definition) is 4. The fraction of sp³-hybridized carbons (Fsp3) is 0.421. The molecule has 0 N–H and O–H groups in total. The number of amides is 1. The Bertz CT molecular complexity index is 670. The highest BCUT2D eigenvalue weighted by Gasteiger charge is 2.25. The summed E-state index contributed by atoms with van der Waals surface area (Å²) in [5, 5.41) is 2.05. The summed E-state index contributed by atoms with van der Waals surface area (Å²) in [6, 6.07) is 12.5. The maximum absolute atomic E-state index is 12.6. The lowest BCUT2D eigenvalue weighted by Gasteiger charge is -2.32. The topological polar surface area (TPSA) is 32.8 Å². The number of carbonyl (C=O) groups is 1. The van der Waals surface area contributed by atoms with Gasteiger partial charge in [0, 0.05) is 37.6 Å². The Labute approximate surface area is 147 Å². The maximum atomic E-state index is 12.6. The Hall–Kier alpha value is -1.85. The molecule has 1 saturated heterocycles. The Morgan fingerprint density at radius 2 is 2.21 bits per heavy atom. The number of carbonyl (C=O) groups excluding carboxylic acids is 1. The monoisotopic (exact) mass is 344 g/mol. The highest BCUT2D eigenvalue weighted by Crippen LogP contribution is 2.26. The highest BCUT2D eigenvalue weighted by atomic mass is 32.1. The summed E-state index contributed by atoms with van der Waals surface area (Å²) in [7, 11) is 4.06. The van der Waals surface area contributed by atoms with E-state index in [1.807, 2.05) is 25.1 Å². The van der Waals surface area contributed by atoms with Crippen LogP contribution in [0.4, 0.5) is 5.69 Å². The number of nitrogens with zero attached hydrogens (tertiary/aromatic N) is 2. The van der Waals surface area contributed by atoms with Crippen molar-refractivity contribution in [1.29, 1.82) is 0 Å². The highest BCUT2D eigenvalue weighted by molar-refractivity contribution is 7.10. The number of anilines is 1. The van der Waals surface area contributed by atoms with Gasteiger partial charge in [0.05, 0.1) is 13.2 Å². The molecule has 0 bridgehead atoms. The summed E-state index contributed by atoms with van der Waals surface area (Å²) in [5.41, 5.74) is 2.38. The van der Waals surface area contributed by atoms with Crippen molar-refractivity contribution in [3.05, 3.63) is 52.2 Å². The van der Waals surface area contributed by atoms with Gasteiger partial charge in [0.1, 0.15) is 6.10 Å². The summed E-state index contributed by atoms with van der Waals surface area (Å²) in [6.45, 7) is 1.97. The van der Waals surface area contributed by atoms with Crippen LogP contribution in [0.3, 0.4) is 0 Å². The Morgan fingerprint density at radius 1 is 1.33 bits per heavy atom. The van der Waals surface area contributed by atoms with Gasteiger partial charge < -0.3 is 14.5 Å². The van der Waals surface area contributed by atoms with Crippen LogP contribution in [0.15, 0.2) is 41.8 Å². The lowest BCUT2D eigenvalue weighted by Crippen LogP contribution is -2.42. The lowest BCUT2D eigenvalue weighted by atomic mass is 10.1. The first kappa shape index (κ1) is 17.0. The van der Waals surface area contributed by atoms with E-state index in [2.05, 4.69) is 40.6 Å². The number of ether oxygens (including phenoxy) is 1. The van der Waals surface area contributed by atoms with E-state index in [9.17, 15) is 4.79 Å². The molecule has 1 amide bonds. The zero-order valence-electron chi connectivity index (χ0n) is 14.3. The van der Waals surface area contributed by atoms with E-state index in [0.29, 0.717) is 26.1 Å². The van der Waals surface area contributed by atoms with Crippen LogP contribution in [0.2, 0.25) is 0 Å². The molecule has 0 spiro atoms. The van der Waals surface area contributed by atoms with Crippen molar-refractivity contribution >= 4 is 22.9 Å². The minimum atomic E-state index is 0.0276. The molecule has 0 unspecified atom stereocenters.